The average Bonchev–Trinajstić information content (AvgIpc) is 2.59. The molecule has 4 nitrogen and oxygen atoms in total. The van der Waals surface area contributed by atoms with Gasteiger partial charge in [0.15, 0.2) is 0 Å². The summed E-state index contributed by atoms with van der Waals surface area (Å²) in [6, 6.07) is 16.3. The molecule has 0 aliphatic rings. The Kier molecular flexibility index (Phi) is 4.71. The number of aryl methyl sites for hydroxylation is 1. The van der Waals surface area contributed by atoms with Crippen LogP contribution < -0.4 is 0 Å². The maximum absolute atomic E-state index is 12.2. The lowest BCUT2D eigenvalue weighted by atomic mass is 10.1. The number of hydrogen-bond donors (Lipinski definition) is 0. The molecule has 0 unspecified atom stereocenters. The molecule has 3 aromatic rings. The molecule has 3 rings (SSSR count). The van der Waals surface area contributed by atoms with Crippen molar-refractivity contribution in [2.24, 2.45) is 0 Å². The van der Waals surface area contributed by atoms with Crippen molar-refractivity contribution in [3.63, 3.8) is 0 Å². The molecule has 24 heavy (non-hydrogen) atoms. The first-order valence-electron chi connectivity index (χ1n) is 7.50. The van der Waals surface area contributed by atoms with E-state index < -0.39 is 16.8 Å². The van der Waals surface area contributed by atoms with Gasteiger partial charge in [-0.2, -0.15) is 0 Å². The third-order valence-electron chi connectivity index (χ3n) is 3.71. The number of para-hydroxylation sites is 1. The molecule has 122 valence electrons. The topological polar surface area (TPSA) is 56.3 Å². The van der Waals surface area contributed by atoms with Crippen LogP contribution in [0.5, 0.6) is 0 Å². The zero-order chi connectivity index (χ0) is 17.1. The van der Waals surface area contributed by atoms with Crippen LogP contribution in [0.2, 0.25) is 0 Å². The Hall–Kier alpha value is -2.53. The predicted octanol–water partition coefficient (Wildman–Crippen LogP) is 3.64. The molecule has 0 amide bonds. The highest BCUT2D eigenvalue weighted by atomic mass is 32.2. The maximum Gasteiger partial charge on any atom is 0.338 e. The number of hydrogen-bond acceptors (Lipinski definition) is 4. The number of benzene rings is 2. The fraction of sp³-hybridized carbons (Fsp3) is 0.158. The van der Waals surface area contributed by atoms with Crippen molar-refractivity contribution in [1.29, 1.82) is 0 Å². The number of aromatic nitrogens is 1. The standard InChI is InChI=1S/C19H17NO3S/c1-13-11-15(17-5-3-4-6-18(17)20-13)12-23-19(21)14-7-9-16(10-8-14)24(2)22/h3-11H,12H2,1-2H3/t24-/m1/s1. The molecule has 0 saturated carbocycles. The normalized spacial score (nSPS) is 12.1. The molecular weight excluding hydrogens is 322 g/mol. The van der Waals surface area contributed by atoms with E-state index in [9.17, 15) is 9.00 Å². The van der Waals surface area contributed by atoms with Crippen LogP contribution in [0.25, 0.3) is 10.9 Å². The van der Waals surface area contributed by atoms with E-state index >= 15 is 0 Å². The lowest BCUT2D eigenvalue weighted by Gasteiger charge is -2.09. The molecule has 1 atom stereocenters. The zero-order valence-corrected chi connectivity index (χ0v) is 14.3. The van der Waals surface area contributed by atoms with Crippen LogP contribution in [0.3, 0.4) is 0 Å². The van der Waals surface area contributed by atoms with Gasteiger partial charge in [0.2, 0.25) is 0 Å². The molecule has 5 heteroatoms. The van der Waals surface area contributed by atoms with Crippen molar-refractivity contribution in [2.75, 3.05) is 6.26 Å². The highest BCUT2D eigenvalue weighted by Crippen LogP contribution is 2.19. The number of esters is 1. The van der Waals surface area contributed by atoms with Gasteiger partial charge in [0.25, 0.3) is 0 Å². The quantitative estimate of drug-likeness (QED) is 0.681. The minimum absolute atomic E-state index is 0.185. The Morgan fingerprint density at radius 3 is 2.54 bits per heavy atom. The van der Waals surface area contributed by atoms with Gasteiger partial charge < -0.3 is 4.74 Å². The van der Waals surface area contributed by atoms with Crippen molar-refractivity contribution in [3.05, 3.63) is 71.4 Å². The number of pyridine rings is 1. The van der Waals surface area contributed by atoms with Gasteiger partial charge in [-0.1, -0.05) is 18.2 Å². The smallest absolute Gasteiger partial charge is 0.338 e. The zero-order valence-electron chi connectivity index (χ0n) is 13.5. The molecule has 1 aromatic heterocycles. The summed E-state index contributed by atoms with van der Waals surface area (Å²) < 4.78 is 16.8. The molecule has 0 aliphatic heterocycles. The fourth-order valence-corrected chi connectivity index (χ4v) is 3.04. The number of carbonyl (C=O) groups is 1. The van der Waals surface area contributed by atoms with Crippen molar-refractivity contribution >= 4 is 27.7 Å². The Bertz CT molecular complexity index is 920. The molecule has 0 saturated heterocycles. The summed E-state index contributed by atoms with van der Waals surface area (Å²) in [5.74, 6) is -0.401. The predicted molar refractivity (Wildman–Crippen MR) is 94.4 cm³/mol. The second-order valence-electron chi connectivity index (χ2n) is 5.49. The van der Waals surface area contributed by atoms with E-state index in [1.807, 2.05) is 37.3 Å². The molecule has 0 aliphatic carbocycles. The van der Waals surface area contributed by atoms with Gasteiger partial charge in [0, 0.05) is 38.6 Å². The van der Waals surface area contributed by atoms with Crippen molar-refractivity contribution in [3.8, 4) is 0 Å². The van der Waals surface area contributed by atoms with Crippen LogP contribution in [0, 0.1) is 6.92 Å². The first-order chi connectivity index (χ1) is 11.5. The van der Waals surface area contributed by atoms with E-state index in [2.05, 4.69) is 4.98 Å². The summed E-state index contributed by atoms with van der Waals surface area (Å²) in [5.41, 5.74) is 3.14. The highest BCUT2D eigenvalue weighted by Gasteiger charge is 2.10. The number of carbonyl (C=O) groups excluding carboxylic acids is 1. The monoisotopic (exact) mass is 339 g/mol. The first kappa shape index (κ1) is 16.3. The van der Waals surface area contributed by atoms with E-state index in [0.29, 0.717) is 10.5 Å². The van der Waals surface area contributed by atoms with E-state index in [-0.39, 0.29) is 6.61 Å². The minimum atomic E-state index is -1.06. The molecule has 0 radical (unpaired) electrons. The number of nitrogens with zero attached hydrogens (tertiary/aromatic N) is 1. The van der Waals surface area contributed by atoms with E-state index in [0.717, 1.165) is 22.2 Å². The van der Waals surface area contributed by atoms with Crippen molar-refractivity contribution < 1.29 is 13.7 Å². The summed E-state index contributed by atoms with van der Waals surface area (Å²) in [6.45, 7) is 2.10. The largest absolute Gasteiger partial charge is 0.457 e. The van der Waals surface area contributed by atoms with Gasteiger partial charge in [-0.05, 0) is 43.3 Å². The van der Waals surface area contributed by atoms with Gasteiger partial charge in [0.1, 0.15) is 6.61 Å². The van der Waals surface area contributed by atoms with Crippen LogP contribution in [0.4, 0.5) is 0 Å². The van der Waals surface area contributed by atoms with Gasteiger partial charge in [0.05, 0.1) is 11.1 Å². The molecule has 0 spiro atoms. The number of fused-ring (bicyclic) bond motifs is 1. The Morgan fingerprint density at radius 1 is 1.12 bits per heavy atom. The summed E-state index contributed by atoms with van der Waals surface area (Å²) in [7, 11) is -1.06. The summed E-state index contributed by atoms with van der Waals surface area (Å²) in [5, 5.41) is 0.979. The fourth-order valence-electron chi connectivity index (χ4n) is 2.52. The van der Waals surface area contributed by atoms with Crippen LogP contribution >= 0.6 is 0 Å². The van der Waals surface area contributed by atoms with Gasteiger partial charge in [-0.15, -0.1) is 0 Å². The molecule has 0 bridgehead atoms. The van der Waals surface area contributed by atoms with Gasteiger partial charge in [-0.25, -0.2) is 4.79 Å². The van der Waals surface area contributed by atoms with E-state index in [1.54, 1.807) is 30.5 Å². The molecular formula is C19H17NO3S. The molecule has 0 fully saturated rings. The third kappa shape index (κ3) is 3.51. The van der Waals surface area contributed by atoms with Crippen molar-refractivity contribution in [1.82, 2.24) is 4.98 Å². The average molecular weight is 339 g/mol. The van der Waals surface area contributed by atoms with Crippen LogP contribution in [-0.4, -0.2) is 21.4 Å². The summed E-state index contributed by atoms with van der Waals surface area (Å²) in [4.78, 5) is 17.4. The van der Waals surface area contributed by atoms with E-state index in [1.165, 1.54) is 0 Å². The Balaban J connectivity index is 1.78. The maximum atomic E-state index is 12.2. The Labute approximate surface area is 142 Å². The van der Waals surface area contributed by atoms with Crippen molar-refractivity contribution in [2.45, 2.75) is 18.4 Å². The number of rotatable bonds is 4. The first-order valence-corrected chi connectivity index (χ1v) is 9.06. The SMILES string of the molecule is Cc1cc(COC(=O)c2ccc([S@@](C)=O)cc2)c2ccccc2n1. The molecule has 0 N–H and O–H groups in total. The number of ether oxygens (including phenoxy) is 1. The Morgan fingerprint density at radius 2 is 1.83 bits per heavy atom. The minimum Gasteiger partial charge on any atom is -0.457 e. The van der Waals surface area contributed by atoms with Gasteiger partial charge >= 0.3 is 5.97 Å². The highest BCUT2D eigenvalue weighted by molar-refractivity contribution is 7.84. The molecule has 1 heterocycles. The van der Waals surface area contributed by atoms with Crippen LogP contribution in [0.1, 0.15) is 21.6 Å². The lowest BCUT2D eigenvalue weighted by molar-refractivity contribution is 0.0474. The lowest BCUT2D eigenvalue weighted by Crippen LogP contribution is -2.06. The van der Waals surface area contributed by atoms with E-state index in [4.69, 9.17) is 4.74 Å². The third-order valence-corrected chi connectivity index (χ3v) is 4.65. The summed E-state index contributed by atoms with van der Waals surface area (Å²) >= 11 is 0. The molecule has 2 aromatic carbocycles. The van der Waals surface area contributed by atoms with Crippen LogP contribution in [0.15, 0.2) is 59.5 Å². The summed E-state index contributed by atoms with van der Waals surface area (Å²) in [6.07, 6.45) is 1.60. The second kappa shape index (κ2) is 6.93. The van der Waals surface area contributed by atoms with Crippen LogP contribution in [-0.2, 0) is 22.1 Å². The van der Waals surface area contributed by atoms with Gasteiger partial charge in [-0.3, -0.25) is 9.19 Å². The second-order valence-corrected chi connectivity index (χ2v) is 6.87.